The van der Waals surface area contributed by atoms with E-state index in [-0.39, 0.29) is 22.4 Å². The third-order valence-electron chi connectivity index (χ3n) is 4.48. The first-order valence-corrected chi connectivity index (χ1v) is 9.17. The zero-order valence-corrected chi connectivity index (χ0v) is 14.3. The van der Waals surface area contributed by atoms with Gasteiger partial charge in [0.2, 0.25) is 5.91 Å². The number of hydrogen-bond acceptors (Lipinski definition) is 4. The van der Waals surface area contributed by atoms with Crippen molar-refractivity contribution in [2.24, 2.45) is 0 Å². The molecule has 126 valence electrons. The molecule has 1 amide bonds. The van der Waals surface area contributed by atoms with Gasteiger partial charge in [-0.15, -0.1) is 0 Å². The van der Waals surface area contributed by atoms with E-state index in [1.165, 1.54) is 12.1 Å². The predicted molar refractivity (Wildman–Crippen MR) is 88.5 cm³/mol. The molecule has 2 aromatic rings. The van der Waals surface area contributed by atoms with Gasteiger partial charge in [0, 0.05) is 6.54 Å². The number of aryl methyl sites for hydroxylation is 1. The molecule has 2 unspecified atom stereocenters. The van der Waals surface area contributed by atoms with Crippen molar-refractivity contribution in [2.45, 2.75) is 30.7 Å². The third kappa shape index (κ3) is 2.72. The quantitative estimate of drug-likeness (QED) is 0.631. The van der Waals surface area contributed by atoms with E-state index < -0.39 is 16.0 Å². The average Bonchev–Trinajstić information content (AvgIpc) is 2.53. The van der Waals surface area contributed by atoms with E-state index in [0.29, 0.717) is 6.54 Å². The van der Waals surface area contributed by atoms with E-state index >= 15 is 0 Å². The molecule has 6 heteroatoms. The summed E-state index contributed by atoms with van der Waals surface area (Å²) in [6.07, 6.45) is 0. The molecule has 2 aromatic carbocycles. The highest BCUT2D eigenvalue weighted by Gasteiger charge is 2.48. The highest BCUT2D eigenvalue weighted by atomic mass is 32.2. The molecule has 0 spiro atoms. The van der Waals surface area contributed by atoms with Crippen LogP contribution >= 0.6 is 0 Å². The number of rotatable bonds is 4. The predicted octanol–water partition coefficient (Wildman–Crippen LogP) is 2.59. The summed E-state index contributed by atoms with van der Waals surface area (Å²) in [6, 6.07) is 13.5. The lowest BCUT2D eigenvalue weighted by Gasteiger charge is -2.48. The summed E-state index contributed by atoms with van der Waals surface area (Å²) in [6.45, 7) is 4.38. The van der Waals surface area contributed by atoms with Crippen molar-refractivity contribution >= 4 is 16.0 Å². The van der Waals surface area contributed by atoms with Crippen molar-refractivity contribution in [2.75, 3.05) is 6.54 Å². The number of amides is 1. The van der Waals surface area contributed by atoms with Gasteiger partial charge in [-0.1, -0.05) is 48.0 Å². The summed E-state index contributed by atoms with van der Waals surface area (Å²) in [4.78, 5) is 13.9. The number of nitrogens with zero attached hydrogens (tertiary/aromatic N) is 1. The van der Waals surface area contributed by atoms with Crippen LogP contribution in [0.3, 0.4) is 0 Å². The van der Waals surface area contributed by atoms with Crippen LogP contribution in [0.15, 0.2) is 53.4 Å². The van der Waals surface area contributed by atoms with Crippen LogP contribution in [0.4, 0.5) is 0 Å². The number of likely N-dealkylation sites (tertiary alicyclic amines) is 1. The second-order valence-corrected chi connectivity index (χ2v) is 7.30. The van der Waals surface area contributed by atoms with E-state index in [1.54, 1.807) is 17.0 Å². The molecule has 0 aliphatic carbocycles. The van der Waals surface area contributed by atoms with Crippen LogP contribution in [0.1, 0.15) is 35.6 Å². The summed E-state index contributed by atoms with van der Waals surface area (Å²) in [5, 5.41) is 0. The smallest absolute Gasteiger partial charge is 0.233 e. The molecule has 2 atom stereocenters. The Bertz CT molecular complexity index is 874. The number of benzene rings is 2. The van der Waals surface area contributed by atoms with Gasteiger partial charge in [0.25, 0.3) is 0 Å². The van der Waals surface area contributed by atoms with Gasteiger partial charge in [-0.3, -0.25) is 4.79 Å². The fourth-order valence-corrected chi connectivity index (χ4v) is 4.03. The summed E-state index contributed by atoms with van der Waals surface area (Å²) < 4.78 is 34.7. The third-order valence-corrected chi connectivity index (χ3v) is 5.39. The second kappa shape index (κ2) is 6.03. The maximum Gasteiger partial charge on any atom is 0.233 e. The maximum absolute atomic E-state index is 12.6. The molecule has 5 nitrogen and oxygen atoms in total. The number of β-lactam (4-membered cyclic amide) rings is 1. The van der Waals surface area contributed by atoms with Crippen LogP contribution in [-0.2, 0) is 14.9 Å². The van der Waals surface area contributed by atoms with Gasteiger partial charge >= 0.3 is 0 Å². The lowest BCUT2D eigenvalue weighted by molar-refractivity contribution is -0.150. The maximum atomic E-state index is 12.6. The highest BCUT2D eigenvalue weighted by Crippen LogP contribution is 2.47. The Kier molecular flexibility index (Phi) is 4.19. The van der Waals surface area contributed by atoms with Crippen molar-refractivity contribution in [1.82, 2.24) is 4.90 Å². The van der Waals surface area contributed by atoms with Crippen molar-refractivity contribution in [3.05, 3.63) is 65.2 Å². The summed E-state index contributed by atoms with van der Waals surface area (Å²) >= 11 is 0. The zero-order valence-electron chi connectivity index (χ0n) is 13.5. The van der Waals surface area contributed by atoms with E-state index in [9.17, 15) is 17.8 Å². The zero-order chi connectivity index (χ0) is 17.5. The summed E-state index contributed by atoms with van der Waals surface area (Å²) in [7, 11) is -4.64. The Balaban J connectivity index is 2.10. The molecule has 1 aliphatic heterocycles. The number of carbonyl (C=O) groups excluding carboxylic acids is 1. The molecule has 0 aromatic heterocycles. The standard InChI is InChI=1S/C18H19NO4S/c1-3-19-17(13-10-8-12(2)9-11-13)16(18(19)20)14-6-4-5-7-15(14)24(21,22)23/h4-11,16-17H,3H2,1-2H3,(H,21,22,23)/p-1. The van der Waals surface area contributed by atoms with E-state index in [0.717, 1.165) is 11.1 Å². The fourth-order valence-electron chi connectivity index (χ4n) is 3.31. The first kappa shape index (κ1) is 16.7. The van der Waals surface area contributed by atoms with Crippen LogP contribution < -0.4 is 0 Å². The Hall–Kier alpha value is -2.18. The molecule has 1 aliphatic rings. The van der Waals surface area contributed by atoms with E-state index in [2.05, 4.69) is 0 Å². The van der Waals surface area contributed by atoms with Crippen molar-refractivity contribution in [3.63, 3.8) is 0 Å². The molecule has 0 bridgehead atoms. The molecule has 1 heterocycles. The first-order chi connectivity index (χ1) is 11.3. The normalized spacial score (nSPS) is 20.8. The van der Waals surface area contributed by atoms with Crippen LogP contribution in [0.5, 0.6) is 0 Å². The minimum Gasteiger partial charge on any atom is -0.744 e. The number of hydrogen-bond donors (Lipinski definition) is 0. The molecular weight excluding hydrogens is 326 g/mol. The van der Waals surface area contributed by atoms with Crippen molar-refractivity contribution < 1.29 is 17.8 Å². The lowest BCUT2D eigenvalue weighted by atomic mass is 9.77. The first-order valence-electron chi connectivity index (χ1n) is 7.76. The molecular formula is C18H18NO4S-. The Morgan fingerprint density at radius 3 is 2.29 bits per heavy atom. The van der Waals surface area contributed by atoms with Gasteiger partial charge in [-0.2, -0.15) is 0 Å². The van der Waals surface area contributed by atoms with Gasteiger partial charge in [-0.25, -0.2) is 8.42 Å². The number of carbonyl (C=O) groups is 1. The van der Waals surface area contributed by atoms with Crippen LogP contribution in [0.2, 0.25) is 0 Å². The van der Waals surface area contributed by atoms with Gasteiger partial charge in [0.1, 0.15) is 10.1 Å². The Morgan fingerprint density at radius 2 is 1.71 bits per heavy atom. The largest absolute Gasteiger partial charge is 0.744 e. The van der Waals surface area contributed by atoms with Crippen LogP contribution in [0.25, 0.3) is 0 Å². The molecule has 3 rings (SSSR count). The number of likely N-dealkylation sites (N-methyl/N-ethyl adjacent to an activating group) is 1. The topological polar surface area (TPSA) is 77.5 Å². The molecule has 1 saturated heterocycles. The monoisotopic (exact) mass is 344 g/mol. The molecule has 0 radical (unpaired) electrons. The van der Waals surface area contributed by atoms with Gasteiger partial charge in [0.15, 0.2) is 0 Å². The molecule has 0 N–H and O–H groups in total. The van der Waals surface area contributed by atoms with Gasteiger partial charge in [-0.05, 0) is 31.0 Å². The Labute approximate surface area is 141 Å². The summed E-state index contributed by atoms with van der Waals surface area (Å²) in [5.41, 5.74) is 2.32. The molecule has 1 fully saturated rings. The second-order valence-electron chi connectivity index (χ2n) is 5.95. The minimum atomic E-state index is -4.64. The van der Waals surface area contributed by atoms with Crippen LogP contribution in [0, 0.1) is 6.92 Å². The SMILES string of the molecule is CCN1C(=O)C(c2ccccc2S(=O)(=O)[O-])C1c1ccc(C)cc1. The average molecular weight is 344 g/mol. The summed E-state index contributed by atoms with van der Waals surface area (Å²) in [5.74, 6) is -0.799. The lowest BCUT2D eigenvalue weighted by Crippen LogP contribution is -2.53. The van der Waals surface area contributed by atoms with Gasteiger partial charge < -0.3 is 9.45 Å². The van der Waals surface area contributed by atoms with Crippen LogP contribution in [-0.4, -0.2) is 30.3 Å². The highest BCUT2D eigenvalue weighted by molar-refractivity contribution is 7.85. The van der Waals surface area contributed by atoms with Crippen molar-refractivity contribution in [3.8, 4) is 0 Å². The Morgan fingerprint density at radius 1 is 1.08 bits per heavy atom. The van der Waals surface area contributed by atoms with E-state index in [4.69, 9.17) is 0 Å². The van der Waals surface area contributed by atoms with E-state index in [1.807, 2.05) is 38.1 Å². The fraction of sp³-hybridized carbons (Fsp3) is 0.278. The van der Waals surface area contributed by atoms with Crippen molar-refractivity contribution in [1.29, 1.82) is 0 Å². The minimum absolute atomic E-state index is 0.154. The molecule has 24 heavy (non-hydrogen) atoms. The van der Waals surface area contributed by atoms with Gasteiger partial charge in [0.05, 0.1) is 16.9 Å². The molecule has 0 saturated carbocycles.